The highest BCUT2D eigenvalue weighted by Gasteiger charge is 2.27. The van der Waals surface area contributed by atoms with E-state index in [2.05, 4.69) is 0 Å². The maximum Gasteiger partial charge on any atom is 0.300 e. The number of non-ortho nitro benzene ring substituents is 2. The number of hydrogen-bond acceptors (Lipinski definition) is 6. The standard InChI is InChI=1S/C19H15N3O6/c1-11(19(24)12-6-4-3-5-7-12)14-10-17(23)20(2)18-15(14)8-13(21(25)26)9-16(18)22(27)28/h3-11H,1-2H3. The number of pyridine rings is 1. The van der Waals surface area contributed by atoms with Crippen LogP contribution in [0.5, 0.6) is 0 Å². The van der Waals surface area contributed by atoms with Gasteiger partial charge in [-0.15, -0.1) is 0 Å². The molecule has 1 aromatic heterocycles. The maximum atomic E-state index is 12.8. The van der Waals surface area contributed by atoms with Crippen LogP contribution in [0, 0.1) is 20.2 Å². The predicted octanol–water partition coefficient (Wildman–Crippen LogP) is 3.34. The molecule has 0 spiro atoms. The van der Waals surface area contributed by atoms with Gasteiger partial charge in [0.25, 0.3) is 16.9 Å². The number of nitro groups is 2. The lowest BCUT2D eigenvalue weighted by Gasteiger charge is -2.15. The van der Waals surface area contributed by atoms with Crippen molar-refractivity contribution in [3.05, 3.63) is 90.2 Å². The summed E-state index contributed by atoms with van der Waals surface area (Å²) in [4.78, 5) is 46.5. The molecule has 3 rings (SSSR count). The number of ketones is 1. The summed E-state index contributed by atoms with van der Waals surface area (Å²) >= 11 is 0. The zero-order valence-electron chi connectivity index (χ0n) is 15.0. The van der Waals surface area contributed by atoms with Crippen LogP contribution >= 0.6 is 0 Å². The number of fused-ring (bicyclic) bond motifs is 1. The molecule has 0 aliphatic carbocycles. The van der Waals surface area contributed by atoms with Crippen LogP contribution in [0.1, 0.15) is 28.8 Å². The summed E-state index contributed by atoms with van der Waals surface area (Å²) in [6.45, 7) is 1.56. The third kappa shape index (κ3) is 3.13. The molecule has 0 amide bonds. The first-order valence-corrected chi connectivity index (χ1v) is 8.28. The molecular formula is C19H15N3O6. The topological polar surface area (TPSA) is 125 Å². The molecular weight excluding hydrogens is 366 g/mol. The largest absolute Gasteiger partial charge is 0.305 e. The number of benzene rings is 2. The van der Waals surface area contributed by atoms with E-state index in [1.165, 1.54) is 13.1 Å². The van der Waals surface area contributed by atoms with Crippen LogP contribution in [-0.4, -0.2) is 20.2 Å². The number of rotatable bonds is 5. The van der Waals surface area contributed by atoms with Gasteiger partial charge in [-0.3, -0.25) is 29.8 Å². The molecule has 0 aliphatic rings. The second kappa shape index (κ2) is 7.03. The van der Waals surface area contributed by atoms with Gasteiger partial charge in [0.05, 0.1) is 15.9 Å². The van der Waals surface area contributed by atoms with Crippen molar-refractivity contribution in [1.82, 2.24) is 4.57 Å². The van der Waals surface area contributed by atoms with E-state index in [1.54, 1.807) is 37.3 Å². The summed E-state index contributed by atoms with van der Waals surface area (Å²) in [6.07, 6.45) is 0. The van der Waals surface area contributed by atoms with Crippen LogP contribution in [0.2, 0.25) is 0 Å². The molecule has 1 atom stereocenters. The highest BCUT2D eigenvalue weighted by atomic mass is 16.6. The molecule has 0 radical (unpaired) electrons. The first kappa shape index (κ1) is 18.9. The highest BCUT2D eigenvalue weighted by Crippen LogP contribution is 2.35. The second-order valence-corrected chi connectivity index (χ2v) is 6.32. The van der Waals surface area contributed by atoms with E-state index in [0.29, 0.717) is 5.56 Å². The van der Waals surface area contributed by atoms with Gasteiger partial charge >= 0.3 is 0 Å². The number of hydrogen-bond donors (Lipinski definition) is 0. The minimum Gasteiger partial charge on any atom is -0.305 e. The van der Waals surface area contributed by atoms with Gasteiger partial charge in [-0.1, -0.05) is 37.3 Å². The van der Waals surface area contributed by atoms with Crippen LogP contribution in [0.15, 0.2) is 53.3 Å². The van der Waals surface area contributed by atoms with E-state index in [9.17, 15) is 29.8 Å². The number of carbonyl (C=O) groups excluding carboxylic acids is 1. The number of carbonyl (C=O) groups is 1. The second-order valence-electron chi connectivity index (χ2n) is 6.32. The van der Waals surface area contributed by atoms with E-state index in [1.807, 2.05) is 0 Å². The fourth-order valence-electron chi connectivity index (χ4n) is 3.19. The molecule has 0 fully saturated rings. The Bertz CT molecular complexity index is 1180. The zero-order valence-corrected chi connectivity index (χ0v) is 15.0. The molecule has 0 bridgehead atoms. The minimum absolute atomic E-state index is 0.0641. The molecule has 2 aromatic carbocycles. The molecule has 3 aromatic rings. The van der Waals surface area contributed by atoms with E-state index < -0.39 is 32.7 Å². The summed E-state index contributed by atoms with van der Waals surface area (Å²) < 4.78 is 1.06. The van der Waals surface area contributed by atoms with Crippen molar-refractivity contribution in [1.29, 1.82) is 0 Å². The number of aryl methyl sites for hydroxylation is 1. The van der Waals surface area contributed by atoms with Crippen molar-refractivity contribution >= 4 is 28.1 Å². The average Bonchev–Trinajstić information content (AvgIpc) is 2.69. The third-order valence-electron chi connectivity index (χ3n) is 4.66. The first-order chi connectivity index (χ1) is 13.2. The van der Waals surface area contributed by atoms with Crippen molar-refractivity contribution in [3.8, 4) is 0 Å². The van der Waals surface area contributed by atoms with Crippen molar-refractivity contribution in [2.24, 2.45) is 7.05 Å². The summed E-state index contributed by atoms with van der Waals surface area (Å²) in [5.41, 5.74) is -1.05. The molecule has 1 heterocycles. The van der Waals surface area contributed by atoms with Gasteiger partial charge < -0.3 is 4.57 Å². The van der Waals surface area contributed by atoms with Gasteiger partial charge in [0.15, 0.2) is 5.78 Å². The number of aromatic nitrogens is 1. The lowest BCUT2D eigenvalue weighted by Crippen LogP contribution is -2.21. The quantitative estimate of drug-likeness (QED) is 0.379. The molecule has 1 unspecified atom stereocenters. The lowest BCUT2D eigenvalue weighted by atomic mass is 9.89. The fourth-order valence-corrected chi connectivity index (χ4v) is 3.19. The van der Waals surface area contributed by atoms with Gasteiger partial charge in [0.2, 0.25) is 0 Å². The van der Waals surface area contributed by atoms with E-state index >= 15 is 0 Å². The molecule has 0 aliphatic heterocycles. The smallest absolute Gasteiger partial charge is 0.300 e. The predicted molar refractivity (Wildman–Crippen MR) is 102 cm³/mol. The van der Waals surface area contributed by atoms with Crippen LogP contribution in [0.3, 0.4) is 0 Å². The van der Waals surface area contributed by atoms with Crippen LogP contribution in [0.4, 0.5) is 11.4 Å². The van der Waals surface area contributed by atoms with Gasteiger partial charge in [0, 0.05) is 36.0 Å². The van der Waals surface area contributed by atoms with E-state index in [0.717, 1.165) is 16.7 Å². The minimum atomic E-state index is -0.833. The SMILES string of the molecule is CC(C(=O)c1ccccc1)c1cc(=O)n(C)c2c([N+](=O)[O-])cc([N+](=O)[O-])cc12. The Morgan fingerprint density at radius 1 is 1.04 bits per heavy atom. The number of nitrogens with zero attached hydrogens (tertiary/aromatic N) is 3. The molecule has 142 valence electrons. The lowest BCUT2D eigenvalue weighted by molar-refractivity contribution is -0.393. The van der Waals surface area contributed by atoms with Crippen molar-refractivity contribution < 1.29 is 14.6 Å². The summed E-state index contributed by atoms with van der Waals surface area (Å²) in [6, 6.07) is 11.5. The molecule has 0 saturated carbocycles. The van der Waals surface area contributed by atoms with Crippen LogP contribution in [-0.2, 0) is 7.05 Å². The number of nitro benzene ring substituents is 2. The Labute approximate surface area is 158 Å². The van der Waals surface area contributed by atoms with Crippen molar-refractivity contribution in [2.45, 2.75) is 12.8 Å². The molecule has 0 saturated heterocycles. The Hall–Kier alpha value is -3.88. The first-order valence-electron chi connectivity index (χ1n) is 8.28. The van der Waals surface area contributed by atoms with Gasteiger partial charge in [0.1, 0.15) is 5.52 Å². The van der Waals surface area contributed by atoms with Gasteiger partial charge in [-0.05, 0) is 5.56 Å². The Balaban J connectivity index is 2.35. The average molecular weight is 381 g/mol. The monoisotopic (exact) mass is 381 g/mol. The summed E-state index contributed by atoms with van der Waals surface area (Å²) in [5.74, 6) is -1.13. The highest BCUT2D eigenvalue weighted by molar-refractivity contribution is 6.04. The number of Topliss-reactive ketones (excluding diaryl/α,β-unsaturated/α-hetero) is 1. The zero-order chi connectivity index (χ0) is 20.6. The Kier molecular flexibility index (Phi) is 4.74. The molecule has 28 heavy (non-hydrogen) atoms. The van der Waals surface area contributed by atoms with Crippen molar-refractivity contribution in [2.75, 3.05) is 0 Å². The molecule has 9 heteroatoms. The maximum absolute atomic E-state index is 12.8. The van der Waals surface area contributed by atoms with Crippen molar-refractivity contribution in [3.63, 3.8) is 0 Å². The van der Waals surface area contributed by atoms with Gasteiger partial charge in [-0.2, -0.15) is 0 Å². The Morgan fingerprint density at radius 2 is 1.68 bits per heavy atom. The van der Waals surface area contributed by atoms with Gasteiger partial charge in [-0.25, -0.2) is 0 Å². The summed E-state index contributed by atoms with van der Waals surface area (Å²) in [7, 11) is 1.34. The third-order valence-corrected chi connectivity index (χ3v) is 4.66. The van der Waals surface area contributed by atoms with Crippen LogP contribution < -0.4 is 5.56 Å². The van der Waals surface area contributed by atoms with E-state index in [4.69, 9.17) is 0 Å². The molecule has 0 N–H and O–H groups in total. The van der Waals surface area contributed by atoms with Crippen LogP contribution in [0.25, 0.3) is 10.9 Å². The Morgan fingerprint density at radius 3 is 2.25 bits per heavy atom. The van der Waals surface area contributed by atoms with E-state index in [-0.39, 0.29) is 22.2 Å². The normalized spacial score (nSPS) is 11.9. The summed E-state index contributed by atoms with van der Waals surface area (Å²) in [5, 5.41) is 22.9. The molecule has 9 nitrogen and oxygen atoms in total. The fraction of sp³-hybridized carbons (Fsp3) is 0.158.